The minimum absolute atomic E-state index is 0.00349. The van der Waals surface area contributed by atoms with Crippen molar-refractivity contribution in [3.05, 3.63) is 52.1 Å². The number of carbonyl (C=O) groups is 1. The lowest BCUT2D eigenvalue weighted by molar-refractivity contribution is -0.385. The molecule has 0 unspecified atom stereocenters. The molecule has 0 spiro atoms. The third-order valence-corrected chi connectivity index (χ3v) is 7.27. The highest BCUT2D eigenvalue weighted by atomic mass is 19.1. The Labute approximate surface area is 221 Å². The van der Waals surface area contributed by atoms with Gasteiger partial charge in [-0.05, 0) is 49.9 Å². The lowest BCUT2D eigenvalue weighted by atomic mass is 9.92. The van der Waals surface area contributed by atoms with Crippen LogP contribution in [0.3, 0.4) is 0 Å². The Morgan fingerprint density at radius 3 is 2.42 bits per heavy atom. The summed E-state index contributed by atoms with van der Waals surface area (Å²) in [6.45, 7) is 1.83. The first-order valence-corrected chi connectivity index (χ1v) is 12.9. The number of carbonyl (C=O) groups excluding carboxylic acids is 1. The number of nitrogens with zero attached hydrogens (tertiary/aromatic N) is 3. The van der Waals surface area contributed by atoms with E-state index < -0.39 is 11.6 Å². The average Bonchev–Trinajstić information content (AvgIpc) is 2.96. The van der Waals surface area contributed by atoms with Gasteiger partial charge in [-0.15, -0.1) is 0 Å². The molecule has 0 bridgehead atoms. The fourth-order valence-electron chi connectivity index (χ4n) is 5.09. The molecule has 1 amide bonds. The van der Waals surface area contributed by atoms with Crippen molar-refractivity contribution in [1.82, 2.24) is 4.90 Å². The average molecular weight is 531 g/mol. The van der Waals surface area contributed by atoms with Crippen molar-refractivity contribution in [2.24, 2.45) is 0 Å². The first-order chi connectivity index (χ1) is 18.4. The predicted molar refractivity (Wildman–Crippen MR) is 142 cm³/mol. The first-order valence-electron chi connectivity index (χ1n) is 12.9. The van der Waals surface area contributed by atoms with Crippen LogP contribution in [-0.4, -0.2) is 74.9 Å². The molecule has 38 heavy (non-hydrogen) atoms. The molecule has 0 atom stereocenters. The van der Waals surface area contributed by atoms with Gasteiger partial charge in [-0.3, -0.25) is 14.9 Å². The fourth-order valence-corrected chi connectivity index (χ4v) is 5.09. The molecule has 1 aliphatic heterocycles. The van der Waals surface area contributed by atoms with Crippen LogP contribution >= 0.6 is 0 Å². The SMILES string of the molecule is COc1ccc(N2CCN(C(=O)COC3CCC(Nc4ccc([N+](=O)[O-])c(CF)c4)CC3)CC2)c(OC)c1. The lowest BCUT2D eigenvalue weighted by Gasteiger charge is -2.37. The van der Waals surface area contributed by atoms with Crippen molar-refractivity contribution in [2.45, 2.75) is 44.5 Å². The van der Waals surface area contributed by atoms with Crippen LogP contribution in [0.25, 0.3) is 0 Å². The standard InChI is InChI=1S/C27H35FN4O6/c1-36-23-8-10-25(26(16-23)37-2)30-11-13-31(14-12-30)27(33)18-38-22-6-3-20(4-7-22)29-21-5-9-24(32(34)35)19(15-21)17-28/h5,8-10,15-16,20,22,29H,3-4,6-7,11-14,17-18H2,1-2H3. The molecule has 0 aromatic heterocycles. The third kappa shape index (κ3) is 6.63. The van der Waals surface area contributed by atoms with E-state index in [1.165, 1.54) is 12.1 Å². The molecule has 0 radical (unpaired) electrons. The Kier molecular flexibility index (Phi) is 9.22. The number of anilines is 2. The van der Waals surface area contributed by atoms with Crippen LogP contribution in [0.1, 0.15) is 31.2 Å². The highest BCUT2D eigenvalue weighted by molar-refractivity contribution is 5.78. The van der Waals surface area contributed by atoms with Gasteiger partial charge in [0.05, 0.1) is 36.5 Å². The maximum absolute atomic E-state index is 13.2. The van der Waals surface area contributed by atoms with E-state index in [1.54, 1.807) is 20.3 Å². The molecule has 10 nitrogen and oxygen atoms in total. The monoisotopic (exact) mass is 530 g/mol. The van der Waals surface area contributed by atoms with Crippen molar-refractivity contribution in [2.75, 3.05) is 57.2 Å². The second kappa shape index (κ2) is 12.8. The van der Waals surface area contributed by atoms with Crippen LogP contribution < -0.4 is 19.7 Å². The van der Waals surface area contributed by atoms with Crippen LogP contribution in [0.2, 0.25) is 0 Å². The minimum Gasteiger partial charge on any atom is -0.497 e. The summed E-state index contributed by atoms with van der Waals surface area (Å²) < 4.78 is 30.0. The van der Waals surface area contributed by atoms with Gasteiger partial charge in [-0.25, -0.2) is 4.39 Å². The number of ether oxygens (including phenoxy) is 3. The van der Waals surface area contributed by atoms with Crippen LogP contribution in [0.15, 0.2) is 36.4 Å². The Bertz CT molecular complexity index is 1120. The zero-order chi connectivity index (χ0) is 27.1. The van der Waals surface area contributed by atoms with Gasteiger partial charge in [-0.2, -0.15) is 0 Å². The number of rotatable bonds is 10. The number of piperazine rings is 1. The first kappa shape index (κ1) is 27.4. The summed E-state index contributed by atoms with van der Waals surface area (Å²) >= 11 is 0. The zero-order valence-electron chi connectivity index (χ0n) is 21.9. The van der Waals surface area contributed by atoms with E-state index in [2.05, 4.69) is 10.2 Å². The summed E-state index contributed by atoms with van der Waals surface area (Å²) in [4.78, 5) is 27.3. The number of methoxy groups -OCH3 is 2. The maximum Gasteiger partial charge on any atom is 0.275 e. The predicted octanol–water partition coefficient (Wildman–Crippen LogP) is 4.17. The van der Waals surface area contributed by atoms with Crippen LogP contribution in [0.4, 0.5) is 21.5 Å². The smallest absolute Gasteiger partial charge is 0.275 e. The van der Waals surface area contributed by atoms with Gasteiger partial charge in [0.25, 0.3) is 5.69 Å². The number of alkyl halides is 1. The lowest BCUT2D eigenvalue weighted by Crippen LogP contribution is -2.50. The molecule has 1 N–H and O–H groups in total. The number of nitro groups is 1. The van der Waals surface area contributed by atoms with Gasteiger partial charge in [-0.1, -0.05) is 0 Å². The molecule has 1 aliphatic carbocycles. The Morgan fingerprint density at radius 2 is 1.79 bits per heavy atom. The maximum atomic E-state index is 13.2. The number of halogens is 1. The van der Waals surface area contributed by atoms with Crippen molar-refractivity contribution < 1.29 is 28.3 Å². The number of benzene rings is 2. The van der Waals surface area contributed by atoms with E-state index in [9.17, 15) is 19.3 Å². The van der Waals surface area contributed by atoms with Gasteiger partial charge in [0.15, 0.2) is 0 Å². The molecule has 11 heteroatoms. The van der Waals surface area contributed by atoms with E-state index in [0.717, 1.165) is 42.9 Å². The molecule has 206 valence electrons. The quantitative estimate of drug-likeness (QED) is 0.360. The summed E-state index contributed by atoms with van der Waals surface area (Å²) in [7, 11) is 3.26. The third-order valence-electron chi connectivity index (χ3n) is 7.27. The van der Waals surface area contributed by atoms with Gasteiger partial charge in [0.2, 0.25) is 5.91 Å². The van der Waals surface area contributed by atoms with Crippen LogP contribution in [0.5, 0.6) is 11.5 Å². The molecular formula is C27H35FN4O6. The normalized spacial score (nSPS) is 19.7. The number of nitrogens with one attached hydrogen (secondary N) is 1. The van der Waals surface area contributed by atoms with E-state index >= 15 is 0 Å². The summed E-state index contributed by atoms with van der Waals surface area (Å²) in [5.74, 6) is 1.48. The van der Waals surface area contributed by atoms with Crippen molar-refractivity contribution in [1.29, 1.82) is 0 Å². The van der Waals surface area contributed by atoms with Crippen LogP contribution in [-0.2, 0) is 16.2 Å². The molecule has 1 saturated carbocycles. The van der Waals surface area contributed by atoms with E-state index in [4.69, 9.17) is 14.2 Å². The topological polar surface area (TPSA) is 106 Å². The molecule has 2 aromatic carbocycles. The fraction of sp³-hybridized carbons (Fsp3) is 0.519. The van der Waals surface area contributed by atoms with E-state index in [0.29, 0.717) is 31.9 Å². The Balaban J connectivity index is 1.19. The molecule has 2 aliphatic rings. The van der Waals surface area contributed by atoms with Gasteiger partial charge < -0.3 is 29.3 Å². The Morgan fingerprint density at radius 1 is 1.05 bits per heavy atom. The molecule has 1 heterocycles. The number of amides is 1. The second-order valence-electron chi connectivity index (χ2n) is 9.57. The van der Waals surface area contributed by atoms with Gasteiger partial charge in [0.1, 0.15) is 24.8 Å². The minimum atomic E-state index is -0.884. The van der Waals surface area contributed by atoms with Gasteiger partial charge in [0, 0.05) is 50.0 Å². The van der Waals surface area contributed by atoms with Crippen LogP contribution in [0, 0.1) is 10.1 Å². The zero-order valence-corrected chi connectivity index (χ0v) is 21.9. The number of nitro benzene ring substituents is 1. The summed E-state index contributed by atoms with van der Waals surface area (Å²) in [6.07, 6.45) is 3.30. The molecular weight excluding hydrogens is 495 g/mol. The van der Waals surface area contributed by atoms with E-state index in [-0.39, 0.29) is 35.9 Å². The number of hydrogen-bond acceptors (Lipinski definition) is 8. The summed E-state index contributed by atoms with van der Waals surface area (Å²) in [6, 6.07) is 10.4. The van der Waals surface area contributed by atoms with Gasteiger partial charge >= 0.3 is 0 Å². The molecule has 2 fully saturated rings. The molecule has 1 saturated heterocycles. The Hall–Kier alpha value is -3.60. The largest absolute Gasteiger partial charge is 0.497 e. The molecule has 2 aromatic rings. The summed E-state index contributed by atoms with van der Waals surface area (Å²) in [5, 5.41) is 14.4. The van der Waals surface area contributed by atoms with Crippen molar-refractivity contribution in [3.63, 3.8) is 0 Å². The number of hydrogen-bond donors (Lipinski definition) is 1. The highest BCUT2D eigenvalue weighted by Crippen LogP contribution is 2.33. The van der Waals surface area contributed by atoms with Crippen molar-refractivity contribution in [3.8, 4) is 11.5 Å². The summed E-state index contributed by atoms with van der Waals surface area (Å²) in [5.41, 5.74) is 1.52. The highest BCUT2D eigenvalue weighted by Gasteiger charge is 2.26. The van der Waals surface area contributed by atoms with E-state index in [1.807, 2.05) is 23.1 Å². The second-order valence-corrected chi connectivity index (χ2v) is 9.57. The van der Waals surface area contributed by atoms with Crippen molar-refractivity contribution >= 4 is 23.0 Å². The molecule has 4 rings (SSSR count).